The lowest BCUT2D eigenvalue weighted by Crippen LogP contribution is -2.45. The number of nitrogens with two attached hydrogens (primary N) is 1. The molecule has 1 amide bonds. The number of carbonyl (C=O) groups is 1. The number of benzene rings is 1. The molecule has 0 aliphatic heterocycles. The highest BCUT2D eigenvalue weighted by molar-refractivity contribution is 5.94. The van der Waals surface area contributed by atoms with Crippen LogP contribution < -0.4 is 5.73 Å². The minimum absolute atomic E-state index is 0.00375. The van der Waals surface area contributed by atoms with Crippen molar-refractivity contribution in [1.82, 2.24) is 4.90 Å². The molecule has 0 heterocycles. The van der Waals surface area contributed by atoms with Gasteiger partial charge in [0.1, 0.15) is 0 Å². The molecule has 1 aromatic carbocycles. The van der Waals surface area contributed by atoms with Crippen molar-refractivity contribution < 1.29 is 9.90 Å². The van der Waals surface area contributed by atoms with Crippen molar-refractivity contribution in [2.24, 2.45) is 5.73 Å². The van der Waals surface area contributed by atoms with Crippen LogP contribution in [0.1, 0.15) is 35.2 Å². The van der Waals surface area contributed by atoms with Crippen molar-refractivity contribution in [3.8, 4) is 0 Å². The number of hydrogen-bond donors (Lipinski definition) is 2. The molecule has 1 fully saturated rings. The first-order valence-corrected chi connectivity index (χ1v) is 6.47. The van der Waals surface area contributed by atoms with Crippen LogP contribution in [0.2, 0.25) is 0 Å². The number of aliphatic hydroxyl groups excluding tert-OH is 1. The number of nitrogens with zero attached hydrogens (tertiary/aromatic N) is 1. The predicted molar refractivity (Wildman–Crippen MR) is 70.1 cm³/mol. The molecule has 0 radical (unpaired) electrons. The van der Waals surface area contributed by atoms with E-state index >= 15 is 0 Å². The minimum atomic E-state index is 0.00375. The average Bonchev–Trinajstić information content (AvgIpc) is 2.35. The maximum Gasteiger partial charge on any atom is 0.254 e. The molecule has 4 heteroatoms. The highest BCUT2D eigenvalue weighted by Crippen LogP contribution is 2.26. The zero-order valence-corrected chi connectivity index (χ0v) is 10.5. The van der Waals surface area contributed by atoms with Gasteiger partial charge in [-0.3, -0.25) is 4.79 Å². The van der Waals surface area contributed by atoms with Gasteiger partial charge in [-0.15, -0.1) is 0 Å². The summed E-state index contributed by atoms with van der Waals surface area (Å²) in [6.45, 7) is 0.861. The molecule has 0 saturated heterocycles. The van der Waals surface area contributed by atoms with Crippen LogP contribution in [0, 0.1) is 0 Å². The zero-order valence-electron chi connectivity index (χ0n) is 10.5. The Kier molecular flexibility index (Phi) is 4.33. The molecular weight excluding hydrogens is 228 g/mol. The normalized spacial score (nSPS) is 15.2. The highest BCUT2D eigenvalue weighted by Gasteiger charge is 2.28. The first kappa shape index (κ1) is 13.1. The van der Waals surface area contributed by atoms with Gasteiger partial charge in [-0.1, -0.05) is 12.1 Å². The lowest BCUT2D eigenvalue weighted by molar-refractivity contribution is 0.0525. The van der Waals surface area contributed by atoms with Gasteiger partial charge in [0.25, 0.3) is 5.91 Å². The fraction of sp³-hybridized carbons (Fsp3) is 0.500. The lowest BCUT2D eigenvalue weighted by Gasteiger charge is -2.37. The number of hydrogen-bond acceptors (Lipinski definition) is 3. The van der Waals surface area contributed by atoms with Gasteiger partial charge in [-0.2, -0.15) is 0 Å². The van der Waals surface area contributed by atoms with Crippen molar-refractivity contribution >= 4 is 5.91 Å². The number of aliphatic hydroxyl groups is 1. The summed E-state index contributed by atoms with van der Waals surface area (Å²) in [6, 6.07) is 7.71. The summed E-state index contributed by atoms with van der Waals surface area (Å²) in [5.74, 6) is 0.00375. The van der Waals surface area contributed by atoms with Crippen LogP contribution in [0.15, 0.2) is 24.3 Å². The summed E-state index contributed by atoms with van der Waals surface area (Å²) in [5.41, 5.74) is 7.21. The minimum Gasteiger partial charge on any atom is -0.395 e. The first-order valence-electron chi connectivity index (χ1n) is 6.47. The van der Waals surface area contributed by atoms with E-state index in [1.54, 1.807) is 4.90 Å². The Morgan fingerprint density at radius 2 is 2.22 bits per heavy atom. The molecule has 0 atom stereocenters. The van der Waals surface area contributed by atoms with Crippen LogP contribution in [-0.2, 0) is 6.54 Å². The van der Waals surface area contributed by atoms with E-state index in [1.165, 1.54) is 6.42 Å². The van der Waals surface area contributed by atoms with Gasteiger partial charge in [-0.25, -0.2) is 0 Å². The van der Waals surface area contributed by atoms with Crippen molar-refractivity contribution in [2.75, 3.05) is 13.2 Å². The van der Waals surface area contributed by atoms with Crippen LogP contribution in [0.5, 0.6) is 0 Å². The maximum absolute atomic E-state index is 12.4. The largest absolute Gasteiger partial charge is 0.395 e. The second-order valence-corrected chi connectivity index (χ2v) is 4.71. The van der Waals surface area contributed by atoms with Crippen LogP contribution in [0.25, 0.3) is 0 Å². The number of rotatable bonds is 5. The monoisotopic (exact) mass is 248 g/mol. The van der Waals surface area contributed by atoms with E-state index < -0.39 is 0 Å². The van der Waals surface area contributed by atoms with E-state index in [1.807, 2.05) is 24.3 Å². The summed E-state index contributed by atoms with van der Waals surface area (Å²) in [7, 11) is 0. The summed E-state index contributed by atoms with van der Waals surface area (Å²) in [4.78, 5) is 14.2. The molecule has 1 aliphatic carbocycles. The van der Waals surface area contributed by atoms with Crippen LogP contribution >= 0.6 is 0 Å². The molecule has 18 heavy (non-hydrogen) atoms. The molecule has 4 nitrogen and oxygen atoms in total. The van der Waals surface area contributed by atoms with Gasteiger partial charge in [0.05, 0.1) is 6.61 Å². The molecule has 3 N–H and O–H groups in total. The predicted octanol–water partition coefficient (Wildman–Crippen LogP) is 1.13. The Morgan fingerprint density at radius 1 is 1.44 bits per heavy atom. The second kappa shape index (κ2) is 5.98. The lowest BCUT2D eigenvalue weighted by atomic mass is 9.91. The molecule has 0 spiro atoms. The molecule has 0 bridgehead atoms. The van der Waals surface area contributed by atoms with E-state index in [4.69, 9.17) is 10.8 Å². The summed E-state index contributed by atoms with van der Waals surface area (Å²) in [5, 5.41) is 9.09. The molecular formula is C14H20N2O2. The van der Waals surface area contributed by atoms with E-state index in [0.29, 0.717) is 24.7 Å². The van der Waals surface area contributed by atoms with Gasteiger partial charge in [0.2, 0.25) is 0 Å². The summed E-state index contributed by atoms with van der Waals surface area (Å²) in [6.07, 6.45) is 3.26. The topological polar surface area (TPSA) is 66.6 Å². The van der Waals surface area contributed by atoms with Gasteiger partial charge >= 0.3 is 0 Å². The molecule has 2 rings (SSSR count). The Hall–Kier alpha value is -1.39. The average molecular weight is 248 g/mol. The quantitative estimate of drug-likeness (QED) is 0.821. The third-order valence-corrected chi connectivity index (χ3v) is 3.53. The van der Waals surface area contributed by atoms with E-state index in [2.05, 4.69) is 0 Å². The summed E-state index contributed by atoms with van der Waals surface area (Å²) < 4.78 is 0. The van der Waals surface area contributed by atoms with Crippen LogP contribution in [0.3, 0.4) is 0 Å². The van der Waals surface area contributed by atoms with E-state index in [0.717, 1.165) is 18.4 Å². The fourth-order valence-electron chi connectivity index (χ4n) is 2.25. The molecule has 1 saturated carbocycles. The van der Waals surface area contributed by atoms with Crippen molar-refractivity contribution in [1.29, 1.82) is 0 Å². The molecule has 1 aliphatic rings. The number of carbonyl (C=O) groups excluding carboxylic acids is 1. The van der Waals surface area contributed by atoms with Crippen molar-refractivity contribution in [2.45, 2.75) is 31.8 Å². The molecule has 98 valence electrons. The maximum atomic E-state index is 12.4. The van der Waals surface area contributed by atoms with Crippen molar-refractivity contribution in [3.05, 3.63) is 35.4 Å². The molecule has 1 aromatic rings. The third kappa shape index (κ3) is 2.71. The van der Waals surface area contributed by atoms with Gasteiger partial charge in [0, 0.05) is 24.7 Å². The Morgan fingerprint density at radius 3 is 2.78 bits per heavy atom. The Balaban J connectivity index is 2.15. The van der Waals surface area contributed by atoms with Gasteiger partial charge in [0.15, 0.2) is 0 Å². The molecule has 0 unspecified atom stereocenters. The Bertz CT molecular complexity index is 416. The van der Waals surface area contributed by atoms with Gasteiger partial charge < -0.3 is 15.7 Å². The number of amides is 1. The first-order chi connectivity index (χ1) is 8.76. The van der Waals surface area contributed by atoms with Crippen LogP contribution in [0.4, 0.5) is 0 Å². The highest BCUT2D eigenvalue weighted by atomic mass is 16.3. The SMILES string of the molecule is NCc1cccc(C(=O)N(CCO)C2CCC2)c1. The van der Waals surface area contributed by atoms with Crippen LogP contribution in [-0.4, -0.2) is 35.1 Å². The Labute approximate surface area is 107 Å². The zero-order chi connectivity index (χ0) is 13.0. The van der Waals surface area contributed by atoms with Gasteiger partial charge in [-0.05, 0) is 37.0 Å². The second-order valence-electron chi connectivity index (χ2n) is 4.71. The molecule has 0 aromatic heterocycles. The van der Waals surface area contributed by atoms with E-state index in [-0.39, 0.29) is 12.5 Å². The fourth-order valence-corrected chi connectivity index (χ4v) is 2.25. The summed E-state index contributed by atoms with van der Waals surface area (Å²) >= 11 is 0. The standard InChI is InChI=1S/C14H20N2O2/c15-10-11-3-1-4-12(9-11)14(18)16(7-8-17)13-5-2-6-13/h1,3-4,9,13,17H,2,5-8,10,15H2. The third-order valence-electron chi connectivity index (χ3n) is 3.53. The van der Waals surface area contributed by atoms with Crippen molar-refractivity contribution in [3.63, 3.8) is 0 Å². The smallest absolute Gasteiger partial charge is 0.254 e. The van der Waals surface area contributed by atoms with E-state index in [9.17, 15) is 4.79 Å².